The van der Waals surface area contributed by atoms with Gasteiger partial charge >= 0.3 is 0 Å². The monoisotopic (exact) mass is 340 g/mol. The van der Waals surface area contributed by atoms with E-state index < -0.39 is 0 Å². The summed E-state index contributed by atoms with van der Waals surface area (Å²) in [4.78, 5) is 20.6. The number of amides is 1. The first-order valence-electron chi connectivity index (χ1n) is 6.89. The number of rotatable bonds is 3. The highest BCUT2D eigenvalue weighted by Crippen LogP contribution is 2.24. The zero-order valence-electron chi connectivity index (χ0n) is 12.0. The molecule has 0 aliphatic carbocycles. The smallest absolute Gasteiger partial charge is 0.262 e. The minimum Gasteiger partial charge on any atom is -0.363 e. The summed E-state index contributed by atoms with van der Waals surface area (Å²) < 4.78 is 6.39. The van der Waals surface area contributed by atoms with E-state index in [1.54, 1.807) is 30.3 Å². The Labute approximate surface area is 140 Å². The van der Waals surface area contributed by atoms with Crippen molar-refractivity contribution < 1.29 is 9.32 Å². The van der Waals surface area contributed by atoms with Crippen LogP contribution in [0, 0.1) is 0 Å². The molecule has 0 radical (unpaired) electrons. The largest absolute Gasteiger partial charge is 0.363 e. The summed E-state index contributed by atoms with van der Waals surface area (Å²) >= 11 is 5.88. The van der Waals surface area contributed by atoms with Crippen molar-refractivity contribution in [3.8, 4) is 11.3 Å². The van der Waals surface area contributed by atoms with E-state index >= 15 is 0 Å². The Morgan fingerprint density at radius 2 is 2.00 bits per heavy atom. The molecule has 3 heterocycles. The van der Waals surface area contributed by atoms with Gasteiger partial charge in [-0.05, 0) is 18.2 Å². The molecular formula is C15H9ClN6O2. The zero-order chi connectivity index (χ0) is 16.5. The van der Waals surface area contributed by atoms with Crippen molar-refractivity contribution in [1.29, 1.82) is 0 Å². The summed E-state index contributed by atoms with van der Waals surface area (Å²) in [6.45, 7) is 0. The van der Waals surface area contributed by atoms with Gasteiger partial charge < -0.3 is 9.84 Å². The Morgan fingerprint density at radius 1 is 1.17 bits per heavy atom. The Bertz CT molecular complexity index is 1020. The molecule has 0 spiro atoms. The van der Waals surface area contributed by atoms with E-state index in [-0.39, 0.29) is 5.91 Å². The number of benzene rings is 1. The summed E-state index contributed by atoms with van der Waals surface area (Å²) in [5.41, 5.74) is 1.44. The lowest BCUT2D eigenvalue weighted by molar-refractivity contribution is 0.102. The lowest BCUT2D eigenvalue weighted by atomic mass is 10.1. The third-order valence-electron chi connectivity index (χ3n) is 3.35. The van der Waals surface area contributed by atoms with Gasteiger partial charge in [-0.1, -0.05) is 28.9 Å². The first kappa shape index (κ1) is 14.3. The van der Waals surface area contributed by atoms with Gasteiger partial charge in [-0.15, -0.1) is 0 Å². The highest BCUT2D eigenvalue weighted by atomic mass is 35.5. The third-order valence-corrected chi connectivity index (χ3v) is 3.61. The molecule has 9 heteroatoms. The second-order valence-electron chi connectivity index (χ2n) is 4.84. The fourth-order valence-corrected chi connectivity index (χ4v) is 2.36. The Morgan fingerprint density at radius 3 is 2.83 bits per heavy atom. The summed E-state index contributed by atoms with van der Waals surface area (Å²) in [5, 5.41) is 11.3. The number of carbonyl (C=O) groups excluding carboxylic acids is 1. The number of hydrogen-bond donors (Lipinski definition) is 1. The standard InChI is InChI=1S/C15H9ClN6O2/c16-10-3-1-9(2-4-10)13-11(7-24-21-13)14(23)20-12-5-6-17-15-18-8-19-22(12)15/h1-8H,(H,20,23). The second-order valence-corrected chi connectivity index (χ2v) is 5.28. The first-order valence-corrected chi connectivity index (χ1v) is 7.26. The summed E-state index contributed by atoms with van der Waals surface area (Å²) in [5.74, 6) is 0.436. The van der Waals surface area contributed by atoms with Crippen LogP contribution in [0.4, 0.5) is 5.82 Å². The normalized spacial score (nSPS) is 10.9. The second kappa shape index (κ2) is 5.74. The number of fused-ring (bicyclic) bond motifs is 1. The minimum atomic E-state index is -0.385. The lowest BCUT2D eigenvalue weighted by Crippen LogP contribution is -2.15. The fourth-order valence-electron chi connectivity index (χ4n) is 2.23. The van der Waals surface area contributed by atoms with E-state index in [1.807, 2.05) is 0 Å². The van der Waals surface area contributed by atoms with Crippen LogP contribution in [-0.2, 0) is 0 Å². The molecule has 0 aliphatic rings. The average molecular weight is 341 g/mol. The van der Waals surface area contributed by atoms with Crippen molar-refractivity contribution in [2.45, 2.75) is 0 Å². The van der Waals surface area contributed by atoms with Crippen molar-refractivity contribution >= 4 is 29.1 Å². The van der Waals surface area contributed by atoms with E-state index in [1.165, 1.54) is 23.3 Å². The number of carbonyl (C=O) groups is 1. The minimum absolute atomic E-state index is 0.294. The molecule has 24 heavy (non-hydrogen) atoms. The molecule has 3 aromatic heterocycles. The fraction of sp³-hybridized carbons (Fsp3) is 0. The van der Waals surface area contributed by atoms with Gasteiger partial charge in [0.1, 0.15) is 29.7 Å². The van der Waals surface area contributed by atoms with Crippen molar-refractivity contribution in [2.24, 2.45) is 0 Å². The molecule has 0 aliphatic heterocycles. The number of hydrogen-bond acceptors (Lipinski definition) is 6. The maximum absolute atomic E-state index is 12.6. The molecule has 0 saturated carbocycles. The van der Waals surface area contributed by atoms with E-state index in [4.69, 9.17) is 16.1 Å². The van der Waals surface area contributed by atoms with Crippen molar-refractivity contribution in [1.82, 2.24) is 24.7 Å². The van der Waals surface area contributed by atoms with Gasteiger partial charge in [0.2, 0.25) is 0 Å². The third kappa shape index (κ3) is 2.48. The molecule has 4 aromatic rings. The van der Waals surface area contributed by atoms with Crippen LogP contribution in [0.15, 0.2) is 53.6 Å². The van der Waals surface area contributed by atoms with Crippen LogP contribution in [0.1, 0.15) is 10.4 Å². The van der Waals surface area contributed by atoms with Crippen LogP contribution >= 0.6 is 11.6 Å². The highest BCUT2D eigenvalue weighted by Gasteiger charge is 2.18. The van der Waals surface area contributed by atoms with Gasteiger partial charge in [-0.3, -0.25) is 4.79 Å². The number of halogens is 1. The van der Waals surface area contributed by atoms with Crippen LogP contribution in [0.25, 0.3) is 17.0 Å². The zero-order valence-corrected chi connectivity index (χ0v) is 12.8. The molecule has 1 aromatic carbocycles. The van der Waals surface area contributed by atoms with Crippen LogP contribution in [-0.4, -0.2) is 30.6 Å². The molecule has 4 rings (SSSR count). The predicted octanol–water partition coefficient (Wildman–Crippen LogP) is 2.69. The van der Waals surface area contributed by atoms with Gasteiger partial charge in [0.25, 0.3) is 11.7 Å². The van der Waals surface area contributed by atoms with Gasteiger partial charge in [0.15, 0.2) is 0 Å². The quantitative estimate of drug-likeness (QED) is 0.615. The van der Waals surface area contributed by atoms with Gasteiger partial charge in [0.05, 0.1) is 0 Å². The molecule has 8 nitrogen and oxygen atoms in total. The van der Waals surface area contributed by atoms with Crippen molar-refractivity contribution in [2.75, 3.05) is 5.32 Å². The predicted molar refractivity (Wildman–Crippen MR) is 85.7 cm³/mol. The van der Waals surface area contributed by atoms with Crippen LogP contribution in [0.3, 0.4) is 0 Å². The van der Waals surface area contributed by atoms with E-state index in [9.17, 15) is 4.79 Å². The molecule has 0 saturated heterocycles. The maximum Gasteiger partial charge on any atom is 0.262 e. The first-order chi connectivity index (χ1) is 11.7. The van der Waals surface area contributed by atoms with Gasteiger partial charge in [-0.25, -0.2) is 4.98 Å². The van der Waals surface area contributed by atoms with E-state index in [0.29, 0.717) is 27.9 Å². The number of aromatic nitrogens is 5. The molecule has 1 N–H and O–H groups in total. The summed E-state index contributed by atoms with van der Waals surface area (Å²) in [7, 11) is 0. The molecular weight excluding hydrogens is 332 g/mol. The molecule has 1 amide bonds. The Balaban J connectivity index is 1.67. The summed E-state index contributed by atoms with van der Waals surface area (Å²) in [6.07, 6.45) is 4.18. The maximum atomic E-state index is 12.6. The number of nitrogens with zero attached hydrogens (tertiary/aromatic N) is 5. The van der Waals surface area contributed by atoms with E-state index in [2.05, 4.69) is 25.5 Å². The molecule has 0 unspecified atom stereocenters. The highest BCUT2D eigenvalue weighted by molar-refractivity contribution is 6.30. The molecule has 0 bridgehead atoms. The van der Waals surface area contributed by atoms with Crippen LogP contribution in [0.5, 0.6) is 0 Å². The SMILES string of the molecule is O=C(Nc1ccnc2ncnn12)c1conc1-c1ccc(Cl)cc1. The Hall–Kier alpha value is -3.26. The lowest BCUT2D eigenvalue weighted by Gasteiger charge is -2.06. The molecule has 0 atom stereocenters. The topological polar surface area (TPSA) is 98.2 Å². The van der Waals surface area contributed by atoms with Crippen LogP contribution in [0.2, 0.25) is 5.02 Å². The summed E-state index contributed by atoms with van der Waals surface area (Å²) in [6, 6.07) is 8.58. The van der Waals surface area contributed by atoms with Gasteiger partial charge in [-0.2, -0.15) is 14.6 Å². The Kier molecular flexibility index (Phi) is 3.43. The van der Waals surface area contributed by atoms with Crippen molar-refractivity contribution in [3.63, 3.8) is 0 Å². The van der Waals surface area contributed by atoms with Crippen molar-refractivity contribution in [3.05, 3.63) is 59.7 Å². The van der Waals surface area contributed by atoms with Gasteiger partial charge in [0, 0.05) is 16.8 Å². The van der Waals surface area contributed by atoms with E-state index in [0.717, 1.165) is 5.56 Å². The average Bonchev–Trinajstić information content (AvgIpc) is 3.25. The number of anilines is 1. The molecule has 118 valence electrons. The molecule has 0 fully saturated rings. The van der Waals surface area contributed by atoms with Crippen LogP contribution < -0.4 is 5.32 Å². The number of nitrogens with one attached hydrogen (secondary N) is 1.